The van der Waals surface area contributed by atoms with Crippen LogP contribution in [-0.4, -0.2) is 8.07 Å². The van der Waals surface area contributed by atoms with E-state index < -0.39 is 8.07 Å². The van der Waals surface area contributed by atoms with Gasteiger partial charge in [-0.3, -0.25) is 0 Å². The van der Waals surface area contributed by atoms with Crippen LogP contribution in [0, 0.1) is 6.92 Å². The summed E-state index contributed by atoms with van der Waals surface area (Å²) in [7, 11) is -1.10. The predicted molar refractivity (Wildman–Crippen MR) is 56.3 cm³/mol. The van der Waals surface area contributed by atoms with E-state index in [1.165, 1.54) is 11.3 Å². The minimum atomic E-state index is -1.10. The molecule has 68 valence electrons. The standard InChI is InChI=1S/C11H14OSi/c1-6-5-8-9(12-6)11-7(2)10(8)13(11,3)4/h5,10H,1-4H3. The predicted octanol–water partition coefficient (Wildman–Crippen LogP) is 3.26. The zero-order valence-corrected chi connectivity index (χ0v) is 9.56. The lowest BCUT2D eigenvalue weighted by Crippen LogP contribution is -2.41. The average molecular weight is 190 g/mol. The molecule has 0 spiro atoms. The van der Waals surface area contributed by atoms with Gasteiger partial charge in [0, 0.05) is 11.1 Å². The molecule has 2 heteroatoms. The van der Waals surface area contributed by atoms with E-state index in [1.807, 2.05) is 6.92 Å². The van der Waals surface area contributed by atoms with Crippen LogP contribution in [0.1, 0.15) is 29.5 Å². The number of rotatable bonds is 0. The summed E-state index contributed by atoms with van der Waals surface area (Å²) in [5, 5.41) is 1.60. The van der Waals surface area contributed by atoms with Gasteiger partial charge in [0.15, 0.2) is 0 Å². The van der Waals surface area contributed by atoms with Gasteiger partial charge in [-0.1, -0.05) is 18.7 Å². The molecule has 0 fully saturated rings. The molecule has 1 nitrogen and oxygen atoms in total. The minimum absolute atomic E-state index is 0.773. The topological polar surface area (TPSA) is 13.1 Å². The van der Waals surface area contributed by atoms with E-state index in [0.29, 0.717) is 0 Å². The van der Waals surface area contributed by atoms with E-state index in [-0.39, 0.29) is 0 Å². The van der Waals surface area contributed by atoms with E-state index in [1.54, 1.807) is 10.8 Å². The van der Waals surface area contributed by atoms with Crippen LogP contribution in [-0.2, 0) is 0 Å². The zero-order valence-electron chi connectivity index (χ0n) is 8.56. The second-order valence-electron chi connectivity index (χ2n) is 4.85. The molecule has 0 amide bonds. The second-order valence-corrected chi connectivity index (χ2v) is 9.37. The summed E-state index contributed by atoms with van der Waals surface area (Å²) < 4.78 is 5.76. The Hall–Kier alpha value is -0.763. The Labute approximate surface area is 79.5 Å². The first-order valence-corrected chi connectivity index (χ1v) is 7.93. The molecule has 1 aliphatic carbocycles. The number of hydrogen-bond acceptors (Lipinski definition) is 1. The lowest BCUT2D eigenvalue weighted by molar-refractivity contribution is 0.524. The molecule has 0 saturated heterocycles. The number of furan rings is 1. The Kier molecular flexibility index (Phi) is 1.08. The van der Waals surface area contributed by atoms with E-state index in [2.05, 4.69) is 26.1 Å². The fourth-order valence-electron chi connectivity index (χ4n) is 3.30. The van der Waals surface area contributed by atoms with Crippen LogP contribution in [0.15, 0.2) is 16.1 Å². The van der Waals surface area contributed by atoms with Gasteiger partial charge in [0.05, 0.1) is 8.07 Å². The van der Waals surface area contributed by atoms with E-state index in [0.717, 1.165) is 11.3 Å². The van der Waals surface area contributed by atoms with Gasteiger partial charge in [-0.05, 0) is 25.1 Å². The van der Waals surface area contributed by atoms with Crippen molar-refractivity contribution in [3.63, 3.8) is 0 Å². The molecule has 4 rings (SSSR count). The van der Waals surface area contributed by atoms with Gasteiger partial charge in [0.25, 0.3) is 0 Å². The van der Waals surface area contributed by atoms with Gasteiger partial charge in [-0.15, -0.1) is 0 Å². The summed E-state index contributed by atoms with van der Waals surface area (Å²) in [6.07, 6.45) is 0. The fourth-order valence-corrected chi connectivity index (χ4v) is 7.52. The first-order valence-electron chi connectivity index (χ1n) is 4.85. The molecule has 1 aromatic rings. The van der Waals surface area contributed by atoms with Crippen LogP contribution in [0.25, 0.3) is 5.20 Å². The number of allylic oxidation sites excluding steroid dienone is 1. The van der Waals surface area contributed by atoms with Gasteiger partial charge in [-0.2, -0.15) is 0 Å². The third-order valence-corrected chi connectivity index (χ3v) is 7.71. The van der Waals surface area contributed by atoms with Crippen molar-refractivity contribution in [2.24, 2.45) is 0 Å². The van der Waals surface area contributed by atoms with Crippen LogP contribution in [0.5, 0.6) is 0 Å². The van der Waals surface area contributed by atoms with Crippen molar-refractivity contribution >= 4 is 13.3 Å². The maximum atomic E-state index is 5.76. The Balaban J connectivity index is 2.27. The summed E-state index contributed by atoms with van der Waals surface area (Å²) in [5.74, 6) is 2.31. The summed E-state index contributed by atoms with van der Waals surface area (Å²) in [4.78, 5) is 0. The van der Waals surface area contributed by atoms with Crippen molar-refractivity contribution in [3.8, 4) is 0 Å². The molecule has 0 saturated carbocycles. The van der Waals surface area contributed by atoms with Crippen molar-refractivity contribution in [1.29, 1.82) is 0 Å². The molecular weight excluding hydrogens is 176 g/mol. The molecule has 3 aliphatic rings. The highest BCUT2D eigenvalue weighted by Gasteiger charge is 2.57. The maximum absolute atomic E-state index is 5.76. The zero-order chi connectivity index (χ0) is 9.38. The highest BCUT2D eigenvalue weighted by molar-refractivity contribution is 7.01. The Bertz CT molecular complexity index is 437. The van der Waals surface area contributed by atoms with Gasteiger partial charge in [-0.25, -0.2) is 0 Å². The average Bonchev–Trinajstić information content (AvgIpc) is 2.46. The van der Waals surface area contributed by atoms with Crippen molar-refractivity contribution in [1.82, 2.24) is 0 Å². The van der Waals surface area contributed by atoms with Crippen LogP contribution in [0.2, 0.25) is 13.1 Å². The highest BCUT2D eigenvalue weighted by Crippen LogP contribution is 2.62. The quantitative estimate of drug-likeness (QED) is 0.572. The third kappa shape index (κ3) is 0.623. The molecule has 3 heterocycles. The van der Waals surface area contributed by atoms with Gasteiger partial charge < -0.3 is 4.42 Å². The fraction of sp³-hybridized carbons (Fsp3) is 0.455. The number of aryl methyl sites for hydroxylation is 1. The first-order chi connectivity index (χ1) is 6.03. The van der Waals surface area contributed by atoms with Crippen molar-refractivity contribution < 1.29 is 4.42 Å². The largest absolute Gasteiger partial charge is 0.462 e. The smallest absolute Gasteiger partial charge is 0.129 e. The molecule has 2 bridgehead atoms. The van der Waals surface area contributed by atoms with E-state index >= 15 is 0 Å². The summed E-state index contributed by atoms with van der Waals surface area (Å²) in [6, 6.07) is 2.23. The minimum Gasteiger partial charge on any atom is -0.462 e. The lowest BCUT2D eigenvalue weighted by atomic mass is 10.2. The SMILES string of the molecule is CC1=C2c3oc(C)cc3C1[Si]2(C)C. The normalized spacial score (nSPS) is 27.5. The lowest BCUT2D eigenvalue weighted by Gasteiger charge is -2.38. The number of hydrogen-bond donors (Lipinski definition) is 0. The van der Waals surface area contributed by atoms with Crippen LogP contribution < -0.4 is 0 Å². The van der Waals surface area contributed by atoms with Gasteiger partial charge in [0.1, 0.15) is 11.5 Å². The van der Waals surface area contributed by atoms with Crippen molar-refractivity contribution in [3.05, 3.63) is 28.7 Å². The summed E-state index contributed by atoms with van der Waals surface area (Å²) >= 11 is 0. The Morgan fingerprint density at radius 2 is 2.00 bits per heavy atom. The second kappa shape index (κ2) is 1.85. The summed E-state index contributed by atoms with van der Waals surface area (Å²) in [6.45, 7) is 9.21. The van der Waals surface area contributed by atoms with Gasteiger partial charge in [0.2, 0.25) is 0 Å². The molecule has 2 aliphatic heterocycles. The third-order valence-electron chi connectivity index (χ3n) is 3.62. The van der Waals surface area contributed by atoms with Crippen LogP contribution in [0.3, 0.4) is 0 Å². The first kappa shape index (κ1) is 7.62. The van der Waals surface area contributed by atoms with Crippen molar-refractivity contribution in [2.45, 2.75) is 32.5 Å². The molecular formula is C11H14OSi. The molecule has 1 unspecified atom stereocenters. The molecule has 0 radical (unpaired) electrons. The van der Waals surface area contributed by atoms with Crippen LogP contribution in [0.4, 0.5) is 0 Å². The maximum Gasteiger partial charge on any atom is 0.129 e. The molecule has 13 heavy (non-hydrogen) atoms. The van der Waals surface area contributed by atoms with Gasteiger partial charge >= 0.3 is 0 Å². The van der Waals surface area contributed by atoms with E-state index in [9.17, 15) is 0 Å². The van der Waals surface area contributed by atoms with Crippen molar-refractivity contribution in [2.75, 3.05) is 0 Å². The highest BCUT2D eigenvalue weighted by atomic mass is 28.3. The molecule has 1 aromatic heterocycles. The molecule has 0 N–H and O–H groups in total. The van der Waals surface area contributed by atoms with Crippen LogP contribution >= 0.6 is 0 Å². The van der Waals surface area contributed by atoms with E-state index in [4.69, 9.17) is 4.42 Å². The summed E-state index contributed by atoms with van der Waals surface area (Å²) in [5.41, 5.74) is 3.85. The Morgan fingerprint density at radius 3 is 2.54 bits per heavy atom. The molecule has 0 aromatic carbocycles. The Morgan fingerprint density at radius 1 is 1.31 bits per heavy atom. The molecule has 1 atom stereocenters. The monoisotopic (exact) mass is 190 g/mol.